The smallest absolute Gasteiger partial charge is 0.253 e. The molecule has 8 heteroatoms. The molecule has 0 fully saturated rings. The Balaban J connectivity index is 2.32. The fourth-order valence-corrected chi connectivity index (χ4v) is 5.43. The summed E-state index contributed by atoms with van der Waals surface area (Å²) in [5, 5.41) is 19.3. The summed E-state index contributed by atoms with van der Waals surface area (Å²) in [5.41, 5.74) is 3.24. The molecule has 1 aliphatic rings. The van der Waals surface area contributed by atoms with Gasteiger partial charge in [0.15, 0.2) is 6.29 Å². The Kier molecular flexibility index (Phi) is 17.7. The van der Waals surface area contributed by atoms with Crippen molar-refractivity contribution in [3.63, 3.8) is 0 Å². The molecule has 0 saturated heterocycles. The standard InChI is InChI=1S/C35H55ClN4O3/c1-6-9-23-39(21-7-2)24-12-25-40(22-8-3)35(43)30-16-15-27(4)38-34(29-17-19-31(36)20-18-29)32(37-28(5)26-30)13-10-11-14-33(41)42/h15-20,26-28,33,41-42H,6-14,21-25H2,1-5H3/b16-15-,30-26+,37-32-,38-34-. The van der Waals surface area contributed by atoms with Crippen LogP contribution < -0.4 is 0 Å². The van der Waals surface area contributed by atoms with Gasteiger partial charge in [0.2, 0.25) is 0 Å². The molecule has 240 valence electrons. The molecule has 0 radical (unpaired) electrons. The zero-order valence-electron chi connectivity index (χ0n) is 27.1. The summed E-state index contributed by atoms with van der Waals surface area (Å²) in [5.74, 6) is 0.0453. The molecule has 1 heterocycles. The lowest BCUT2D eigenvalue weighted by Crippen LogP contribution is -2.36. The second kappa shape index (κ2) is 20.6. The number of hydrogen-bond donors (Lipinski definition) is 2. The van der Waals surface area contributed by atoms with Gasteiger partial charge in [-0.05, 0) is 103 Å². The lowest BCUT2D eigenvalue weighted by atomic mass is 9.99. The van der Waals surface area contributed by atoms with Gasteiger partial charge in [-0.3, -0.25) is 14.8 Å². The molecule has 0 spiro atoms. The summed E-state index contributed by atoms with van der Waals surface area (Å²) in [7, 11) is 0. The SMILES string of the molecule is CCCCN(CCC)CCCN(CCC)C(=O)C1=C/C(C)/N=C(CCCCC(O)O)\C(c2ccc(Cl)cc2)=N/C(C)/C=C\1. The third kappa shape index (κ3) is 13.9. The highest BCUT2D eigenvalue weighted by atomic mass is 35.5. The minimum atomic E-state index is -1.31. The van der Waals surface area contributed by atoms with E-state index in [9.17, 15) is 15.0 Å². The maximum atomic E-state index is 13.9. The van der Waals surface area contributed by atoms with Crippen molar-refractivity contribution in [2.45, 2.75) is 111 Å². The third-order valence-corrected chi connectivity index (χ3v) is 7.73. The molecular weight excluding hydrogens is 560 g/mol. The molecule has 0 aromatic heterocycles. The fraction of sp³-hybridized carbons (Fsp3) is 0.629. The largest absolute Gasteiger partial charge is 0.368 e. The third-order valence-electron chi connectivity index (χ3n) is 7.48. The van der Waals surface area contributed by atoms with Gasteiger partial charge < -0.3 is 20.0 Å². The fourth-order valence-electron chi connectivity index (χ4n) is 5.30. The molecule has 0 aliphatic carbocycles. The number of benzene rings is 1. The number of aliphatic hydroxyl groups excluding tert-OH is 1. The van der Waals surface area contributed by atoms with Crippen LogP contribution in [-0.4, -0.2) is 88.4 Å². The normalized spacial score (nSPS) is 22.0. The second-order valence-electron chi connectivity index (χ2n) is 11.6. The summed E-state index contributed by atoms with van der Waals surface area (Å²) in [6.45, 7) is 15.3. The van der Waals surface area contributed by atoms with Crippen LogP contribution in [0.2, 0.25) is 5.02 Å². The Morgan fingerprint density at radius 1 is 0.860 bits per heavy atom. The van der Waals surface area contributed by atoms with Gasteiger partial charge in [0, 0.05) is 29.2 Å². The predicted octanol–water partition coefficient (Wildman–Crippen LogP) is 6.86. The first kappa shape index (κ1) is 36.9. The van der Waals surface area contributed by atoms with E-state index >= 15 is 0 Å². The molecule has 1 amide bonds. The van der Waals surface area contributed by atoms with Crippen molar-refractivity contribution in [3.8, 4) is 0 Å². The highest BCUT2D eigenvalue weighted by Crippen LogP contribution is 2.19. The highest BCUT2D eigenvalue weighted by molar-refractivity contribution is 6.48. The summed E-state index contributed by atoms with van der Waals surface area (Å²) < 4.78 is 0. The van der Waals surface area contributed by atoms with Gasteiger partial charge in [-0.2, -0.15) is 0 Å². The summed E-state index contributed by atoms with van der Waals surface area (Å²) in [4.78, 5) is 28.6. The van der Waals surface area contributed by atoms with Crippen LogP contribution >= 0.6 is 11.6 Å². The quantitative estimate of drug-likeness (QED) is 0.140. The van der Waals surface area contributed by atoms with Crippen molar-refractivity contribution in [2.75, 3.05) is 32.7 Å². The number of aliphatic hydroxyl groups is 2. The first-order valence-electron chi connectivity index (χ1n) is 16.4. The van der Waals surface area contributed by atoms with Crippen LogP contribution in [0.5, 0.6) is 0 Å². The van der Waals surface area contributed by atoms with Crippen LogP contribution in [-0.2, 0) is 4.79 Å². The van der Waals surface area contributed by atoms with Crippen LogP contribution in [0.3, 0.4) is 0 Å². The Labute approximate surface area is 265 Å². The molecule has 1 aromatic rings. The minimum absolute atomic E-state index is 0.0453. The molecule has 7 nitrogen and oxygen atoms in total. The Morgan fingerprint density at radius 2 is 1.56 bits per heavy atom. The zero-order valence-corrected chi connectivity index (χ0v) is 27.9. The maximum absolute atomic E-state index is 13.9. The molecule has 1 aliphatic heterocycles. The van der Waals surface area contributed by atoms with Crippen molar-refractivity contribution in [1.82, 2.24) is 9.80 Å². The number of unbranched alkanes of at least 4 members (excludes halogenated alkanes) is 2. The molecule has 1 aromatic carbocycles. The molecule has 2 rings (SSSR count). The topological polar surface area (TPSA) is 88.7 Å². The van der Waals surface area contributed by atoms with Crippen LogP contribution in [0.1, 0.15) is 98.0 Å². The van der Waals surface area contributed by atoms with E-state index in [1.807, 2.05) is 61.2 Å². The van der Waals surface area contributed by atoms with Crippen molar-refractivity contribution >= 4 is 28.9 Å². The van der Waals surface area contributed by atoms with Crippen molar-refractivity contribution < 1.29 is 15.0 Å². The van der Waals surface area contributed by atoms with E-state index in [0.717, 1.165) is 75.4 Å². The van der Waals surface area contributed by atoms with Gasteiger partial charge in [0.25, 0.3) is 5.91 Å². The average Bonchev–Trinajstić information content (AvgIpc) is 2.97. The number of rotatable bonds is 18. The number of halogens is 1. The molecular formula is C35H55ClN4O3. The summed E-state index contributed by atoms with van der Waals surface area (Å²) in [6, 6.07) is 7.20. The van der Waals surface area contributed by atoms with E-state index in [1.165, 1.54) is 12.8 Å². The monoisotopic (exact) mass is 614 g/mol. The number of carbonyl (C=O) groups is 1. The van der Waals surface area contributed by atoms with E-state index in [1.54, 1.807) is 0 Å². The van der Waals surface area contributed by atoms with Gasteiger partial charge in [-0.1, -0.05) is 63.1 Å². The van der Waals surface area contributed by atoms with E-state index in [4.69, 9.17) is 21.6 Å². The van der Waals surface area contributed by atoms with E-state index < -0.39 is 6.29 Å². The molecule has 0 bridgehead atoms. The maximum Gasteiger partial charge on any atom is 0.253 e. The van der Waals surface area contributed by atoms with Crippen molar-refractivity contribution in [2.24, 2.45) is 9.98 Å². The molecule has 0 saturated carbocycles. The predicted molar refractivity (Wildman–Crippen MR) is 181 cm³/mol. The van der Waals surface area contributed by atoms with Gasteiger partial charge in [0.1, 0.15) is 0 Å². The molecule has 2 unspecified atom stereocenters. The molecule has 43 heavy (non-hydrogen) atoms. The zero-order chi connectivity index (χ0) is 31.6. The van der Waals surface area contributed by atoms with Crippen LogP contribution in [0.25, 0.3) is 0 Å². The first-order chi connectivity index (χ1) is 20.7. The summed E-state index contributed by atoms with van der Waals surface area (Å²) >= 11 is 6.18. The highest BCUT2D eigenvalue weighted by Gasteiger charge is 2.20. The van der Waals surface area contributed by atoms with Gasteiger partial charge >= 0.3 is 0 Å². The van der Waals surface area contributed by atoms with Gasteiger partial charge in [-0.25, -0.2) is 0 Å². The van der Waals surface area contributed by atoms with Crippen molar-refractivity contribution in [1.29, 1.82) is 0 Å². The summed E-state index contributed by atoms with van der Waals surface area (Å²) in [6.07, 6.45) is 12.3. The molecule has 2 atom stereocenters. The number of amides is 1. The number of carbonyl (C=O) groups excluding carboxylic acids is 1. The van der Waals surface area contributed by atoms with Crippen molar-refractivity contribution in [3.05, 3.63) is 58.7 Å². The number of hydrogen-bond acceptors (Lipinski definition) is 6. The Hall–Kier alpha value is -2.32. The minimum Gasteiger partial charge on any atom is -0.368 e. The van der Waals surface area contributed by atoms with E-state index in [-0.39, 0.29) is 18.0 Å². The van der Waals surface area contributed by atoms with Crippen LogP contribution in [0.15, 0.2) is 58.1 Å². The number of nitrogens with zero attached hydrogens (tertiary/aromatic N) is 4. The lowest BCUT2D eigenvalue weighted by Gasteiger charge is -2.26. The van der Waals surface area contributed by atoms with E-state index in [2.05, 4.69) is 25.7 Å². The Bertz CT molecular complexity index is 1080. The second-order valence-corrected chi connectivity index (χ2v) is 12.0. The average molecular weight is 615 g/mol. The van der Waals surface area contributed by atoms with E-state index in [0.29, 0.717) is 29.9 Å². The lowest BCUT2D eigenvalue weighted by molar-refractivity contribution is -0.127. The Morgan fingerprint density at radius 3 is 2.21 bits per heavy atom. The first-order valence-corrected chi connectivity index (χ1v) is 16.7. The van der Waals surface area contributed by atoms with Crippen LogP contribution in [0.4, 0.5) is 0 Å². The molecule has 2 N–H and O–H groups in total. The number of aliphatic imine (C=N–C) groups is 2. The van der Waals surface area contributed by atoms with Crippen LogP contribution in [0, 0.1) is 0 Å². The van der Waals surface area contributed by atoms with Gasteiger partial charge in [0.05, 0.1) is 23.5 Å². The van der Waals surface area contributed by atoms with Gasteiger partial charge in [-0.15, -0.1) is 0 Å².